The lowest BCUT2D eigenvalue weighted by molar-refractivity contribution is -0.0934. The van der Waals surface area contributed by atoms with Gasteiger partial charge in [-0.2, -0.15) is 17.5 Å². The van der Waals surface area contributed by atoms with Gasteiger partial charge in [0.15, 0.2) is 0 Å². The number of ether oxygens (including phenoxy) is 1. The summed E-state index contributed by atoms with van der Waals surface area (Å²) < 4.78 is 70.4. The van der Waals surface area contributed by atoms with Gasteiger partial charge in [0.2, 0.25) is 10.0 Å². The zero-order chi connectivity index (χ0) is 19.5. The molecule has 25 heavy (non-hydrogen) atoms. The molecule has 0 aliphatic carbocycles. The molecule has 0 bridgehead atoms. The molecule has 0 heterocycles. The van der Waals surface area contributed by atoms with Crippen LogP contribution < -0.4 is 0 Å². The molecule has 0 unspecified atom stereocenters. The standard InChI is InChI=1S/C17H28F3NO3S/c1-5-9-12-21(14-16(7-3)24-8-4)25(22,23)13-11-15(10-6-2)17(18,19)20/h5-6,10,16H,1-2,7-9,11-14H2,3-4H3/b15-10+/t16-/m0/s1. The molecule has 0 saturated heterocycles. The summed E-state index contributed by atoms with van der Waals surface area (Å²) in [7, 11) is -3.86. The Morgan fingerprint density at radius 3 is 2.36 bits per heavy atom. The fourth-order valence-corrected chi connectivity index (χ4v) is 3.68. The van der Waals surface area contributed by atoms with Crippen molar-refractivity contribution in [3.63, 3.8) is 0 Å². The third-order valence-corrected chi connectivity index (χ3v) is 5.39. The Kier molecular flexibility index (Phi) is 11.0. The molecule has 0 N–H and O–H groups in total. The maximum Gasteiger partial charge on any atom is 0.412 e. The van der Waals surface area contributed by atoms with Gasteiger partial charge < -0.3 is 4.74 Å². The Bertz CT molecular complexity index is 542. The molecule has 0 aromatic carbocycles. The minimum atomic E-state index is -4.58. The first kappa shape index (κ1) is 23.9. The molecule has 0 aromatic heterocycles. The summed E-state index contributed by atoms with van der Waals surface area (Å²) in [6.45, 7) is 11.2. The highest BCUT2D eigenvalue weighted by atomic mass is 32.2. The van der Waals surface area contributed by atoms with Crippen LogP contribution in [0.3, 0.4) is 0 Å². The van der Waals surface area contributed by atoms with Crippen LogP contribution in [-0.4, -0.2) is 50.5 Å². The van der Waals surface area contributed by atoms with Gasteiger partial charge in [0, 0.05) is 25.3 Å². The van der Waals surface area contributed by atoms with Crippen LogP contribution in [-0.2, 0) is 14.8 Å². The number of halogens is 3. The van der Waals surface area contributed by atoms with Crippen LogP contribution >= 0.6 is 0 Å². The van der Waals surface area contributed by atoms with Gasteiger partial charge in [-0.1, -0.05) is 31.7 Å². The molecular formula is C17H28F3NO3S. The van der Waals surface area contributed by atoms with Crippen LogP contribution in [0.2, 0.25) is 0 Å². The lowest BCUT2D eigenvalue weighted by Gasteiger charge is -2.26. The van der Waals surface area contributed by atoms with Crippen molar-refractivity contribution in [2.24, 2.45) is 0 Å². The van der Waals surface area contributed by atoms with E-state index in [9.17, 15) is 21.6 Å². The van der Waals surface area contributed by atoms with Gasteiger partial charge in [0.25, 0.3) is 0 Å². The molecule has 0 spiro atoms. The molecule has 0 aromatic rings. The van der Waals surface area contributed by atoms with Crippen LogP contribution in [0, 0.1) is 0 Å². The normalized spacial score (nSPS) is 14.6. The van der Waals surface area contributed by atoms with E-state index in [0.717, 1.165) is 12.2 Å². The van der Waals surface area contributed by atoms with Gasteiger partial charge in [-0.05, 0) is 26.2 Å². The van der Waals surface area contributed by atoms with Crippen LogP contribution in [0.1, 0.15) is 33.1 Å². The second-order valence-corrected chi connectivity index (χ2v) is 7.50. The smallest absolute Gasteiger partial charge is 0.377 e. The van der Waals surface area contributed by atoms with E-state index < -0.39 is 33.9 Å². The van der Waals surface area contributed by atoms with E-state index >= 15 is 0 Å². The first-order chi connectivity index (χ1) is 11.6. The van der Waals surface area contributed by atoms with E-state index in [0.29, 0.717) is 19.4 Å². The molecule has 0 aliphatic heterocycles. The van der Waals surface area contributed by atoms with E-state index in [-0.39, 0.29) is 19.2 Å². The number of rotatable bonds is 13. The van der Waals surface area contributed by atoms with Crippen molar-refractivity contribution in [1.82, 2.24) is 4.31 Å². The number of alkyl halides is 3. The number of hydrogen-bond donors (Lipinski definition) is 0. The lowest BCUT2D eigenvalue weighted by Crippen LogP contribution is -2.40. The molecule has 0 radical (unpaired) electrons. The van der Waals surface area contributed by atoms with Crippen molar-refractivity contribution in [2.75, 3.05) is 25.4 Å². The fraction of sp³-hybridized carbons (Fsp3) is 0.647. The topological polar surface area (TPSA) is 46.6 Å². The van der Waals surface area contributed by atoms with E-state index in [4.69, 9.17) is 4.74 Å². The Labute approximate surface area is 149 Å². The van der Waals surface area contributed by atoms with Crippen LogP contribution in [0.15, 0.2) is 37.0 Å². The molecule has 0 rings (SSSR count). The third kappa shape index (κ3) is 9.23. The highest BCUT2D eigenvalue weighted by Gasteiger charge is 2.34. The van der Waals surface area contributed by atoms with Crippen molar-refractivity contribution in [3.8, 4) is 0 Å². The summed E-state index contributed by atoms with van der Waals surface area (Å²) in [4.78, 5) is 0. The van der Waals surface area contributed by atoms with Gasteiger partial charge in [-0.25, -0.2) is 8.42 Å². The molecule has 146 valence electrons. The molecule has 8 heteroatoms. The van der Waals surface area contributed by atoms with Crippen LogP contribution in [0.25, 0.3) is 0 Å². The fourth-order valence-electron chi connectivity index (χ4n) is 2.17. The third-order valence-electron chi connectivity index (χ3n) is 3.55. The summed E-state index contributed by atoms with van der Waals surface area (Å²) in [5.74, 6) is -0.619. The van der Waals surface area contributed by atoms with E-state index in [1.54, 1.807) is 13.0 Å². The van der Waals surface area contributed by atoms with Crippen LogP contribution in [0.4, 0.5) is 13.2 Å². The first-order valence-corrected chi connectivity index (χ1v) is 9.82. The summed E-state index contributed by atoms with van der Waals surface area (Å²) in [6.07, 6.45) is -1.08. The molecule has 0 aliphatic rings. The summed E-state index contributed by atoms with van der Waals surface area (Å²) in [6, 6.07) is 0. The Hall–Kier alpha value is -1.12. The van der Waals surface area contributed by atoms with Crippen molar-refractivity contribution in [2.45, 2.75) is 45.4 Å². The largest absolute Gasteiger partial charge is 0.412 e. The lowest BCUT2D eigenvalue weighted by atomic mass is 10.2. The Morgan fingerprint density at radius 1 is 1.28 bits per heavy atom. The number of sulfonamides is 1. The van der Waals surface area contributed by atoms with E-state index in [2.05, 4.69) is 13.2 Å². The maximum atomic E-state index is 12.9. The Balaban J connectivity index is 5.22. The molecule has 1 atom stereocenters. The van der Waals surface area contributed by atoms with Crippen molar-refractivity contribution >= 4 is 10.0 Å². The number of hydrogen-bond acceptors (Lipinski definition) is 3. The zero-order valence-electron chi connectivity index (χ0n) is 14.9. The monoisotopic (exact) mass is 383 g/mol. The molecule has 4 nitrogen and oxygen atoms in total. The second-order valence-electron chi connectivity index (χ2n) is 5.41. The quantitative estimate of drug-likeness (QED) is 0.356. The van der Waals surface area contributed by atoms with Gasteiger partial charge in [-0.3, -0.25) is 0 Å². The second kappa shape index (κ2) is 11.5. The number of nitrogens with zero attached hydrogens (tertiary/aromatic N) is 1. The minimum Gasteiger partial charge on any atom is -0.377 e. The molecule has 0 amide bonds. The SMILES string of the molecule is C=C/C=C(\CCS(=O)(=O)N(CCC=C)C[C@H](CC)OCC)C(F)(F)F. The van der Waals surface area contributed by atoms with E-state index in [1.807, 2.05) is 6.92 Å². The van der Waals surface area contributed by atoms with Gasteiger partial charge >= 0.3 is 6.18 Å². The van der Waals surface area contributed by atoms with Gasteiger partial charge in [0.1, 0.15) is 0 Å². The Morgan fingerprint density at radius 2 is 1.92 bits per heavy atom. The molecule has 0 fully saturated rings. The van der Waals surface area contributed by atoms with Crippen molar-refractivity contribution < 1.29 is 26.3 Å². The molecular weight excluding hydrogens is 355 g/mol. The number of allylic oxidation sites excluding steroid dienone is 3. The summed E-state index contributed by atoms with van der Waals surface area (Å²) >= 11 is 0. The predicted octanol–water partition coefficient (Wildman–Crippen LogP) is 4.07. The van der Waals surface area contributed by atoms with Crippen molar-refractivity contribution in [3.05, 3.63) is 37.0 Å². The zero-order valence-corrected chi connectivity index (χ0v) is 15.7. The highest BCUT2D eigenvalue weighted by Crippen LogP contribution is 2.29. The average molecular weight is 383 g/mol. The minimum absolute atomic E-state index is 0.118. The molecule has 0 saturated carbocycles. The van der Waals surface area contributed by atoms with Crippen molar-refractivity contribution in [1.29, 1.82) is 0 Å². The van der Waals surface area contributed by atoms with E-state index in [1.165, 1.54) is 4.31 Å². The first-order valence-electron chi connectivity index (χ1n) is 8.21. The summed E-state index contributed by atoms with van der Waals surface area (Å²) in [5.41, 5.74) is -0.911. The predicted molar refractivity (Wildman–Crippen MR) is 94.8 cm³/mol. The average Bonchev–Trinajstić information content (AvgIpc) is 2.52. The van der Waals surface area contributed by atoms with Crippen LogP contribution in [0.5, 0.6) is 0 Å². The summed E-state index contributed by atoms with van der Waals surface area (Å²) in [5, 5.41) is 0. The highest BCUT2D eigenvalue weighted by molar-refractivity contribution is 7.89. The van der Waals surface area contributed by atoms with Gasteiger partial charge in [-0.15, -0.1) is 6.58 Å². The van der Waals surface area contributed by atoms with Gasteiger partial charge in [0.05, 0.1) is 11.9 Å². The maximum absolute atomic E-state index is 12.9.